The molecule has 3 N–H and O–H groups in total. The fraction of sp³-hybridized carbons (Fsp3) is 0.533. The largest absolute Gasteiger partial charge is 0.496 e. The van der Waals surface area contributed by atoms with Crippen molar-refractivity contribution < 1.29 is 9.53 Å². The molecule has 19 heavy (non-hydrogen) atoms. The summed E-state index contributed by atoms with van der Waals surface area (Å²) in [5.74, 6) is 0.872. The summed E-state index contributed by atoms with van der Waals surface area (Å²) in [6, 6.07) is 7.79. The average molecular weight is 264 g/mol. The fourth-order valence-electron chi connectivity index (χ4n) is 1.95. The topological polar surface area (TPSA) is 64.3 Å². The van der Waals surface area contributed by atoms with Gasteiger partial charge >= 0.3 is 0 Å². The van der Waals surface area contributed by atoms with Gasteiger partial charge in [-0.2, -0.15) is 0 Å². The molecule has 4 heteroatoms. The van der Waals surface area contributed by atoms with E-state index in [0.717, 1.165) is 17.7 Å². The van der Waals surface area contributed by atoms with E-state index in [4.69, 9.17) is 10.5 Å². The molecule has 1 aromatic carbocycles. The van der Waals surface area contributed by atoms with Crippen LogP contribution in [0.3, 0.4) is 0 Å². The van der Waals surface area contributed by atoms with Gasteiger partial charge < -0.3 is 15.8 Å². The first kappa shape index (κ1) is 15.5. The molecule has 0 aliphatic rings. The van der Waals surface area contributed by atoms with Crippen LogP contribution in [0, 0.1) is 5.41 Å². The fourth-order valence-corrected chi connectivity index (χ4v) is 1.95. The van der Waals surface area contributed by atoms with E-state index in [-0.39, 0.29) is 5.91 Å². The van der Waals surface area contributed by atoms with Crippen molar-refractivity contribution in [1.29, 1.82) is 0 Å². The van der Waals surface area contributed by atoms with Gasteiger partial charge in [-0.3, -0.25) is 4.79 Å². The van der Waals surface area contributed by atoms with Crippen LogP contribution in [0.25, 0.3) is 0 Å². The van der Waals surface area contributed by atoms with E-state index in [1.165, 1.54) is 0 Å². The van der Waals surface area contributed by atoms with Gasteiger partial charge in [0.2, 0.25) is 5.91 Å². The second-order valence-corrected chi connectivity index (χ2v) is 5.27. The highest BCUT2D eigenvalue weighted by atomic mass is 16.5. The van der Waals surface area contributed by atoms with Gasteiger partial charge in [0.15, 0.2) is 0 Å². The number of amides is 1. The number of nitrogens with two attached hydrogens (primary N) is 1. The maximum atomic E-state index is 12.2. The molecule has 106 valence electrons. The van der Waals surface area contributed by atoms with Crippen LogP contribution in [0.15, 0.2) is 24.3 Å². The summed E-state index contributed by atoms with van der Waals surface area (Å²) in [5, 5.41) is 2.92. The number of benzene rings is 1. The van der Waals surface area contributed by atoms with E-state index in [1.807, 2.05) is 38.1 Å². The van der Waals surface area contributed by atoms with E-state index in [2.05, 4.69) is 5.32 Å². The van der Waals surface area contributed by atoms with Crippen molar-refractivity contribution in [3.63, 3.8) is 0 Å². The summed E-state index contributed by atoms with van der Waals surface area (Å²) >= 11 is 0. The van der Waals surface area contributed by atoms with Crippen molar-refractivity contribution in [2.24, 2.45) is 11.1 Å². The zero-order valence-corrected chi connectivity index (χ0v) is 12.0. The highest BCUT2D eigenvalue weighted by Gasteiger charge is 2.28. The normalized spacial score (nSPS) is 11.2. The predicted molar refractivity (Wildman–Crippen MR) is 77.2 cm³/mol. The number of ether oxygens (including phenoxy) is 1. The number of carbonyl (C=O) groups excluding carboxylic acids is 1. The molecule has 0 bridgehead atoms. The molecule has 1 aromatic rings. The smallest absolute Gasteiger partial charge is 0.225 e. The first-order valence-corrected chi connectivity index (χ1v) is 6.61. The molecule has 4 nitrogen and oxygen atoms in total. The number of hydrogen-bond acceptors (Lipinski definition) is 3. The SMILES string of the molecule is COc1ccccc1CC(C)(C)C(=O)NCCCN. The molecule has 1 rings (SSSR count). The minimum absolute atomic E-state index is 0.0480. The highest BCUT2D eigenvalue weighted by Crippen LogP contribution is 2.27. The summed E-state index contributed by atoms with van der Waals surface area (Å²) < 4.78 is 5.32. The lowest BCUT2D eigenvalue weighted by molar-refractivity contribution is -0.129. The number of carbonyl (C=O) groups is 1. The second kappa shape index (κ2) is 7.14. The lowest BCUT2D eigenvalue weighted by Crippen LogP contribution is -2.39. The molecule has 0 unspecified atom stereocenters. The number of methoxy groups -OCH3 is 1. The standard InChI is InChI=1S/C15H24N2O2/c1-15(2,14(18)17-10-6-9-16)11-12-7-4-5-8-13(12)19-3/h4-5,7-8H,6,9-11,16H2,1-3H3,(H,17,18). The third kappa shape index (κ3) is 4.56. The lowest BCUT2D eigenvalue weighted by Gasteiger charge is -2.24. The van der Waals surface area contributed by atoms with Crippen LogP contribution >= 0.6 is 0 Å². The molecule has 0 atom stereocenters. The minimum atomic E-state index is -0.469. The van der Waals surface area contributed by atoms with E-state index >= 15 is 0 Å². The van der Waals surface area contributed by atoms with E-state index < -0.39 is 5.41 Å². The van der Waals surface area contributed by atoms with Gasteiger partial charge in [-0.15, -0.1) is 0 Å². The molecule has 1 amide bonds. The third-order valence-electron chi connectivity index (χ3n) is 3.11. The quantitative estimate of drug-likeness (QED) is 0.737. The van der Waals surface area contributed by atoms with Crippen molar-refractivity contribution in [1.82, 2.24) is 5.32 Å². The van der Waals surface area contributed by atoms with Crippen LogP contribution in [0.2, 0.25) is 0 Å². The Balaban J connectivity index is 2.69. The van der Waals surface area contributed by atoms with Crippen molar-refractivity contribution in [2.45, 2.75) is 26.7 Å². The van der Waals surface area contributed by atoms with Gasteiger partial charge in [-0.25, -0.2) is 0 Å². The summed E-state index contributed by atoms with van der Waals surface area (Å²) in [6.07, 6.45) is 1.45. The van der Waals surface area contributed by atoms with E-state index in [9.17, 15) is 4.79 Å². The zero-order chi connectivity index (χ0) is 14.3. The summed E-state index contributed by atoms with van der Waals surface area (Å²) in [5.41, 5.74) is 5.99. The average Bonchev–Trinajstić information content (AvgIpc) is 2.39. The highest BCUT2D eigenvalue weighted by molar-refractivity contribution is 5.82. The van der Waals surface area contributed by atoms with E-state index in [1.54, 1.807) is 7.11 Å². The van der Waals surface area contributed by atoms with Crippen molar-refractivity contribution in [3.05, 3.63) is 29.8 Å². The van der Waals surface area contributed by atoms with Crippen LogP contribution in [0.5, 0.6) is 5.75 Å². The first-order valence-electron chi connectivity index (χ1n) is 6.61. The van der Waals surface area contributed by atoms with Crippen LogP contribution < -0.4 is 15.8 Å². The van der Waals surface area contributed by atoms with Crippen molar-refractivity contribution >= 4 is 5.91 Å². The van der Waals surface area contributed by atoms with Gasteiger partial charge in [-0.05, 0) is 31.0 Å². The molecule has 0 aliphatic heterocycles. The van der Waals surface area contributed by atoms with E-state index in [0.29, 0.717) is 19.5 Å². The Bertz CT molecular complexity index is 416. The predicted octanol–water partition coefficient (Wildman–Crippen LogP) is 1.73. The van der Waals surface area contributed by atoms with Gasteiger partial charge in [0.05, 0.1) is 7.11 Å². The number of hydrogen-bond donors (Lipinski definition) is 2. The van der Waals surface area contributed by atoms with Crippen molar-refractivity contribution in [2.75, 3.05) is 20.2 Å². The molecule has 0 radical (unpaired) electrons. The molecule has 0 saturated carbocycles. The molecule has 0 saturated heterocycles. The molecule has 0 fully saturated rings. The molecule has 0 spiro atoms. The number of nitrogens with one attached hydrogen (secondary N) is 1. The van der Waals surface area contributed by atoms with Gasteiger partial charge in [0, 0.05) is 12.0 Å². The number of para-hydroxylation sites is 1. The molecular weight excluding hydrogens is 240 g/mol. The Kier molecular flexibility index (Phi) is 5.83. The minimum Gasteiger partial charge on any atom is -0.496 e. The molecule has 0 aromatic heterocycles. The van der Waals surface area contributed by atoms with Crippen LogP contribution in [-0.4, -0.2) is 26.1 Å². The third-order valence-corrected chi connectivity index (χ3v) is 3.11. The Labute approximate surface area is 115 Å². The maximum absolute atomic E-state index is 12.2. The van der Waals surface area contributed by atoms with Gasteiger partial charge in [0.1, 0.15) is 5.75 Å². The Morgan fingerprint density at radius 2 is 2.05 bits per heavy atom. The summed E-state index contributed by atoms with van der Waals surface area (Å²) in [6.45, 7) is 5.10. The Morgan fingerprint density at radius 3 is 2.68 bits per heavy atom. The molecule has 0 heterocycles. The van der Waals surface area contributed by atoms with Gasteiger partial charge in [-0.1, -0.05) is 32.0 Å². The lowest BCUT2D eigenvalue weighted by atomic mass is 9.84. The van der Waals surface area contributed by atoms with Crippen molar-refractivity contribution in [3.8, 4) is 5.75 Å². The first-order chi connectivity index (χ1) is 9.01. The van der Waals surface area contributed by atoms with Crippen LogP contribution in [-0.2, 0) is 11.2 Å². The Morgan fingerprint density at radius 1 is 1.37 bits per heavy atom. The molecule has 0 aliphatic carbocycles. The summed E-state index contributed by atoms with van der Waals surface area (Å²) in [4.78, 5) is 12.2. The Hall–Kier alpha value is -1.55. The maximum Gasteiger partial charge on any atom is 0.225 e. The molecular formula is C15H24N2O2. The second-order valence-electron chi connectivity index (χ2n) is 5.27. The van der Waals surface area contributed by atoms with Crippen LogP contribution in [0.1, 0.15) is 25.8 Å². The van der Waals surface area contributed by atoms with Gasteiger partial charge in [0.25, 0.3) is 0 Å². The number of rotatable bonds is 7. The zero-order valence-electron chi connectivity index (χ0n) is 12.0. The monoisotopic (exact) mass is 264 g/mol. The van der Waals surface area contributed by atoms with Crippen LogP contribution in [0.4, 0.5) is 0 Å². The summed E-state index contributed by atoms with van der Waals surface area (Å²) in [7, 11) is 1.65.